The molecule has 0 fully saturated rings. The van der Waals surface area contributed by atoms with Gasteiger partial charge in [0.25, 0.3) is 0 Å². The Balaban J connectivity index is 2.48. The Kier molecular flexibility index (Phi) is 6.77. The SMILES string of the molecule is CCOc1cc2c(-c3cc(OC)c(OC)c(OC)c3)c(C(=O)O)oc(=O)c2cc1OCC. The molecule has 3 aromatic rings. The molecule has 9 heteroatoms. The average Bonchev–Trinajstić information content (AvgIpc) is 2.78. The molecule has 1 aromatic heterocycles. The second-order valence-corrected chi connectivity index (χ2v) is 6.52. The summed E-state index contributed by atoms with van der Waals surface area (Å²) in [7, 11) is 4.36. The van der Waals surface area contributed by atoms with Gasteiger partial charge < -0.3 is 33.2 Å². The van der Waals surface area contributed by atoms with Crippen molar-refractivity contribution in [1.82, 2.24) is 0 Å². The van der Waals surface area contributed by atoms with Crippen molar-refractivity contribution in [3.63, 3.8) is 0 Å². The molecule has 1 N–H and O–H groups in total. The van der Waals surface area contributed by atoms with Crippen LogP contribution in [-0.4, -0.2) is 45.6 Å². The Labute approximate surface area is 184 Å². The van der Waals surface area contributed by atoms with Gasteiger partial charge >= 0.3 is 11.6 Å². The molecule has 170 valence electrons. The van der Waals surface area contributed by atoms with E-state index in [0.717, 1.165) is 0 Å². The van der Waals surface area contributed by atoms with Crippen molar-refractivity contribution in [1.29, 1.82) is 0 Å². The van der Waals surface area contributed by atoms with Crippen LogP contribution in [-0.2, 0) is 0 Å². The Morgan fingerprint density at radius 1 is 0.844 bits per heavy atom. The van der Waals surface area contributed by atoms with Crippen molar-refractivity contribution >= 4 is 16.7 Å². The van der Waals surface area contributed by atoms with E-state index in [9.17, 15) is 14.7 Å². The Hall–Kier alpha value is -3.88. The number of methoxy groups -OCH3 is 3. The van der Waals surface area contributed by atoms with Gasteiger partial charge in [-0.1, -0.05) is 0 Å². The monoisotopic (exact) mass is 444 g/mol. The molecule has 0 unspecified atom stereocenters. The number of benzene rings is 2. The highest BCUT2D eigenvalue weighted by atomic mass is 16.5. The summed E-state index contributed by atoms with van der Waals surface area (Å²) >= 11 is 0. The summed E-state index contributed by atoms with van der Waals surface area (Å²) in [6, 6.07) is 6.23. The first-order chi connectivity index (χ1) is 15.4. The first-order valence-corrected chi connectivity index (χ1v) is 9.84. The zero-order valence-electron chi connectivity index (χ0n) is 18.4. The Morgan fingerprint density at radius 3 is 1.81 bits per heavy atom. The van der Waals surface area contributed by atoms with Crippen LogP contribution < -0.4 is 29.3 Å². The Morgan fingerprint density at radius 2 is 1.38 bits per heavy atom. The molecule has 0 spiro atoms. The third-order valence-corrected chi connectivity index (χ3v) is 4.74. The van der Waals surface area contributed by atoms with Crippen LogP contribution in [0.25, 0.3) is 21.9 Å². The smallest absolute Gasteiger partial charge is 0.372 e. The molecular weight excluding hydrogens is 420 g/mol. The van der Waals surface area contributed by atoms with E-state index in [1.807, 2.05) is 6.92 Å². The highest BCUT2D eigenvalue weighted by molar-refractivity contribution is 6.06. The number of carboxylic acids is 1. The maximum absolute atomic E-state index is 12.7. The van der Waals surface area contributed by atoms with Gasteiger partial charge in [-0.15, -0.1) is 0 Å². The lowest BCUT2D eigenvalue weighted by Crippen LogP contribution is -2.10. The maximum Gasteiger partial charge on any atom is 0.372 e. The first-order valence-electron chi connectivity index (χ1n) is 9.84. The number of carboxylic acid groups (broad SMARTS) is 1. The zero-order chi connectivity index (χ0) is 23.4. The number of ether oxygens (including phenoxy) is 5. The van der Waals surface area contributed by atoms with Gasteiger partial charge in [-0.2, -0.15) is 0 Å². The third kappa shape index (κ3) is 4.01. The molecule has 0 aliphatic heterocycles. The minimum atomic E-state index is -1.40. The highest BCUT2D eigenvalue weighted by Crippen LogP contribution is 2.44. The van der Waals surface area contributed by atoms with Crippen molar-refractivity contribution < 1.29 is 38.0 Å². The van der Waals surface area contributed by atoms with E-state index < -0.39 is 17.4 Å². The highest BCUT2D eigenvalue weighted by Gasteiger charge is 2.25. The minimum Gasteiger partial charge on any atom is -0.493 e. The molecule has 1 heterocycles. The molecule has 9 nitrogen and oxygen atoms in total. The zero-order valence-corrected chi connectivity index (χ0v) is 18.4. The van der Waals surface area contributed by atoms with Crippen LogP contribution in [0.15, 0.2) is 33.5 Å². The van der Waals surface area contributed by atoms with Gasteiger partial charge in [-0.3, -0.25) is 0 Å². The van der Waals surface area contributed by atoms with Crippen molar-refractivity contribution in [2.75, 3.05) is 34.5 Å². The third-order valence-electron chi connectivity index (χ3n) is 4.74. The van der Waals surface area contributed by atoms with Crippen LogP contribution in [0.1, 0.15) is 24.4 Å². The molecule has 0 amide bonds. The lowest BCUT2D eigenvalue weighted by molar-refractivity contribution is 0.0659. The predicted molar refractivity (Wildman–Crippen MR) is 117 cm³/mol. The number of aromatic carboxylic acids is 1. The van der Waals surface area contributed by atoms with Gasteiger partial charge in [0, 0.05) is 10.9 Å². The topological polar surface area (TPSA) is 114 Å². The molecule has 0 atom stereocenters. The summed E-state index contributed by atoms with van der Waals surface area (Å²) in [6.07, 6.45) is 0. The van der Waals surface area contributed by atoms with Crippen LogP contribution in [0, 0.1) is 0 Å². The van der Waals surface area contributed by atoms with Gasteiger partial charge in [-0.25, -0.2) is 9.59 Å². The quantitative estimate of drug-likeness (QED) is 0.523. The van der Waals surface area contributed by atoms with Crippen LogP contribution in [0.3, 0.4) is 0 Å². The average molecular weight is 444 g/mol. The molecule has 32 heavy (non-hydrogen) atoms. The fraction of sp³-hybridized carbons (Fsp3) is 0.304. The summed E-state index contributed by atoms with van der Waals surface area (Å²) in [5, 5.41) is 10.3. The lowest BCUT2D eigenvalue weighted by atomic mass is 9.97. The minimum absolute atomic E-state index is 0.144. The largest absolute Gasteiger partial charge is 0.493 e. The van der Waals surface area contributed by atoms with Crippen LogP contribution >= 0.6 is 0 Å². The standard InChI is InChI=1S/C23H24O9/c1-6-30-15-10-13-14(11-16(15)31-7-2)23(26)32-21(22(24)25)19(13)12-8-17(27-3)20(29-5)18(9-12)28-4/h8-11H,6-7H2,1-5H3,(H,24,25). The molecule has 0 saturated carbocycles. The normalized spacial score (nSPS) is 10.7. The number of fused-ring (bicyclic) bond motifs is 1. The molecule has 0 aliphatic rings. The number of rotatable bonds is 9. The maximum atomic E-state index is 12.7. The number of hydrogen-bond acceptors (Lipinski definition) is 8. The summed E-state index contributed by atoms with van der Waals surface area (Å²) in [4.78, 5) is 24.7. The summed E-state index contributed by atoms with van der Waals surface area (Å²) < 4.78 is 32.6. The second kappa shape index (κ2) is 9.51. The van der Waals surface area contributed by atoms with Crippen molar-refractivity contribution in [2.45, 2.75) is 13.8 Å². The van der Waals surface area contributed by atoms with Crippen molar-refractivity contribution in [2.24, 2.45) is 0 Å². The molecule has 0 radical (unpaired) electrons. The van der Waals surface area contributed by atoms with Crippen LogP contribution in [0.5, 0.6) is 28.7 Å². The fourth-order valence-corrected chi connectivity index (χ4v) is 3.46. The molecule has 0 aliphatic carbocycles. The van der Waals surface area contributed by atoms with Gasteiger partial charge in [0.05, 0.1) is 39.9 Å². The van der Waals surface area contributed by atoms with Crippen LogP contribution in [0.4, 0.5) is 0 Å². The van der Waals surface area contributed by atoms with Crippen LogP contribution in [0.2, 0.25) is 0 Å². The van der Waals surface area contributed by atoms with Gasteiger partial charge in [0.2, 0.25) is 11.5 Å². The van der Waals surface area contributed by atoms with E-state index in [4.69, 9.17) is 28.1 Å². The van der Waals surface area contributed by atoms with Gasteiger partial charge in [-0.05, 0) is 43.7 Å². The summed E-state index contributed by atoms with van der Waals surface area (Å²) in [6.45, 7) is 4.31. The van der Waals surface area contributed by atoms with E-state index in [2.05, 4.69) is 0 Å². The molecule has 2 aromatic carbocycles. The van der Waals surface area contributed by atoms with E-state index in [-0.39, 0.29) is 10.9 Å². The van der Waals surface area contributed by atoms with E-state index in [1.54, 1.807) is 25.1 Å². The van der Waals surface area contributed by atoms with E-state index >= 15 is 0 Å². The number of hydrogen-bond donors (Lipinski definition) is 1. The summed E-state index contributed by atoms with van der Waals surface area (Å²) in [5.41, 5.74) is -0.259. The molecule has 0 bridgehead atoms. The van der Waals surface area contributed by atoms with E-state index in [1.165, 1.54) is 27.4 Å². The molecule has 0 saturated heterocycles. The van der Waals surface area contributed by atoms with Gasteiger partial charge in [0.1, 0.15) is 0 Å². The van der Waals surface area contributed by atoms with Crippen molar-refractivity contribution in [3.8, 4) is 39.9 Å². The molecule has 3 rings (SSSR count). The summed E-state index contributed by atoms with van der Waals surface area (Å²) in [5.74, 6) is -0.235. The van der Waals surface area contributed by atoms with Gasteiger partial charge in [0.15, 0.2) is 23.0 Å². The fourth-order valence-electron chi connectivity index (χ4n) is 3.46. The predicted octanol–water partition coefficient (Wildman–Crippen LogP) is 3.98. The van der Waals surface area contributed by atoms with E-state index in [0.29, 0.717) is 52.9 Å². The second-order valence-electron chi connectivity index (χ2n) is 6.52. The first kappa shape index (κ1) is 22.8. The Bertz CT molecular complexity index is 1190. The molecular formula is C23H24O9. The van der Waals surface area contributed by atoms with Crippen molar-refractivity contribution in [3.05, 3.63) is 40.4 Å². The lowest BCUT2D eigenvalue weighted by Gasteiger charge is -2.17. The number of carbonyl (C=O) groups is 1.